The van der Waals surface area contributed by atoms with Crippen LogP contribution in [-0.2, 0) is 21.2 Å². The summed E-state index contributed by atoms with van der Waals surface area (Å²) in [4.78, 5) is 9.32. The smallest absolute Gasteiger partial charge is 0.198 e. The maximum Gasteiger partial charge on any atom is 0.198 e. The van der Waals surface area contributed by atoms with Crippen LogP contribution >= 0.6 is 0 Å². The molecule has 1 heterocycles. The third-order valence-electron chi connectivity index (χ3n) is 5.17. The second kappa shape index (κ2) is 14.0. The fourth-order valence-electron chi connectivity index (χ4n) is 3.20. The monoisotopic (exact) mass is 522 g/mol. The first-order valence-electron chi connectivity index (χ1n) is 11.4. The molecule has 0 unspecified atom stereocenters. The maximum absolute atomic E-state index is 5.97. The van der Waals surface area contributed by atoms with Crippen molar-refractivity contribution >= 4 is 28.0 Å². The summed E-state index contributed by atoms with van der Waals surface area (Å²) in [6, 6.07) is 12.4. The number of nitrogens with zero attached hydrogens (tertiary/aromatic N) is 2. The Balaban J connectivity index is 0.000000732. The summed E-state index contributed by atoms with van der Waals surface area (Å²) in [7, 11) is -3.16. The van der Waals surface area contributed by atoms with Crippen LogP contribution < -0.4 is 0 Å². The Kier molecular flexibility index (Phi) is 13.3. The van der Waals surface area contributed by atoms with Gasteiger partial charge in [0.2, 0.25) is 0 Å². The van der Waals surface area contributed by atoms with Crippen LogP contribution in [-0.4, -0.2) is 27.3 Å². The van der Waals surface area contributed by atoms with Crippen molar-refractivity contribution in [3.8, 4) is 0 Å². The van der Waals surface area contributed by atoms with Gasteiger partial charge in [0.05, 0.1) is 17.1 Å². The van der Waals surface area contributed by atoms with Crippen molar-refractivity contribution in [2.45, 2.75) is 72.6 Å². The maximum atomic E-state index is 5.97. The van der Waals surface area contributed by atoms with Crippen molar-refractivity contribution in [3.05, 3.63) is 84.0 Å². The molecule has 0 amide bonds. The van der Waals surface area contributed by atoms with E-state index >= 15 is 0 Å². The SMILES string of the molecule is C=C[Si](C)(C)O[Si](C)(C)C=C.CC(=Nc1c(C(C)C)cccc1C(C)C)c1ccccn1.[Fe]. The van der Waals surface area contributed by atoms with Gasteiger partial charge in [-0.1, -0.05) is 63.4 Å². The zero-order valence-corrected chi connectivity index (χ0v) is 25.0. The van der Waals surface area contributed by atoms with Gasteiger partial charge in [0, 0.05) is 23.3 Å². The number of rotatable bonds is 8. The molecule has 2 rings (SSSR count). The van der Waals surface area contributed by atoms with Gasteiger partial charge in [-0.3, -0.25) is 9.98 Å². The fourth-order valence-corrected chi connectivity index (χ4v) is 9.29. The molecule has 0 radical (unpaired) electrons. The number of aromatic nitrogens is 1. The van der Waals surface area contributed by atoms with E-state index in [2.05, 4.69) is 90.2 Å². The molecule has 6 heteroatoms. The van der Waals surface area contributed by atoms with Gasteiger partial charge in [-0.05, 0) is 68.2 Å². The van der Waals surface area contributed by atoms with Gasteiger partial charge in [-0.15, -0.1) is 13.2 Å². The standard InChI is InChI=1S/C19H24N2.C8H18OSi2.Fe/c1-13(2)16-9-8-10-17(14(3)4)19(16)21-15(5)18-11-6-7-12-20-18;1-7-10(3,4)9-11(5,6)8-2;/h6-14H,1-5H3;7-8H,1-2H2,3-6H3;. The first-order valence-corrected chi connectivity index (χ1v) is 17.4. The van der Waals surface area contributed by atoms with Crippen LogP contribution in [0.15, 0.2) is 72.1 Å². The molecular weight excluding hydrogens is 480 g/mol. The van der Waals surface area contributed by atoms with Crippen LogP contribution in [0.2, 0.25) is 26.2 Å². The van der Waals surface area contributed by atoms with Crippen LogP contribution in [0.5, 0.6) is 0 Å². The molecule has 1 aromatic carbocycles. The van der Waals surface area contributed by atoms with Gasteiger partial charge in [0.15, 0.2) is 16.6 Å². The van der Waals surface area contributed by atoms with Crippen LogP contribution in [0.25, 0.3) is 0 Å². The van der Waals surface area contributed by atoms with E-state index < -0.39 is 16.6 Å². The van der Waals surface area contributed by atoms with E-state index in [1.54, 1.807) is 0 Å². The molecule has 0 N–H and O–H groups in total. The quantitative estimate of drug-likeness (QED) is 0.258. The van der Waals surface area contributed by atoms with Crippen molar-refractivity contribution in [1.82, 2.24) is 4.98 Å². The second-order valence-corrected chi connectivity index (χ2v) is 17.8. The molecule has 182 valence electrons. The van der Waals surface area contributed by atoms with E-state index in [1.165, 1.54) is 11.1 Å². The molecule has 0 saturated carbocycles. The van der Waals surface area contributed by atoms with Crippen molar-refractivity contribution in [2.24, 2.45) is 4.99 Å². The van der Waals surface area contributed by atoms with Gasteiger partial charge in [0.1, 0.15) is 0 Å². The van der Waals surface area contributed by atoms with Gasteiger partial charge in [-0.2, -0.15) is 0 Å². The van der Waals surface area contributed by atoms with Crippen LogP contribution in [0.4, 0.5) is 5.69 Å². The molecular formula is C27H42FeN2OSi2. The van der Waals surface area contributed by atoms with E-state index in [-0.39, 0.29) is 17.1 Å². The summed E-state index contributed by atoms with van der Waals surface area (Å²) in [5.74, 6) is 0.915. The number of hydrogen-bond acceptors (Lipinski definition) is 3. The zero-order chi connectivity index (χ0) is 24.5. The normalized spacial score (nSPS) is 12.0. The minimum atomic E-state index is -1.58. The van der Waals surface area contributed by atoms with E-state index in [9.17, 15) is 0 Å². The zero-order valence-electron chi connectivity index (χ0n) is 21.9. The Labute approximate surface area is 215 Å². The van der Waals surface area contributed by atoms with Crippen LogP contribution in [0.1, 0.15) is 63.3 Å². The van der Waals surface area contributed by atoms with Crippen LogP contribution in [0.3, 0.4) is 0 Å². The average molecular weight is 523 g/mol. The van der Waals surface area contributed by atoms with Crippen LogP contribution in [0, 0.1) is 0 Å². The Bertz CT molecular complexity index is 879. The molecule has 2 aromatic rings. The molecule has 3 nitrogen and oxygen atoms in total. The molecule has 0 aliphatic carbocycles. The topological polar surface area (TPSA) is 34.5 Å². The summed E-state index contributed by atoms with van der Waals surface area (Å²) in [6.07, 6.45) is 1.81. The Hall–Kier alpha value is -1.57. The molecule has 0 aliphatic rings. The Morgan fingerprint density at radius 2 is 1.36 bits per heavy atom. The van der Waals surface area contributed by atoms with Gasteiger partial charge in [-0.25, -0.2) is 0 Å². The summed E-state index contributed by atoms with van der Waals surface area (Å²) in [5, 5.41) is 0. The summed E-state index contributed by atoms with van der Waals surface area (Å²) >= 11 is 0. The van der Waals surface area contributed by atoms with E-state index in [4.69, 9.17) is 9.11 Å². The number of aliphatic imine (C=N–C) groups is 1. The molecule has 0 fully saturated rings. The third-order valence-corrected chi connectivity index (χ3v) is 11.3. The van der Waals surface area contributed by atoms with E-state index in [1.807, 2.05) is 42.7 Å². The second-order valence-electron chi connectivity index (χ2n) is 9.72. The van der Waals surface area contributed by atoms with Crippen molar-refractivity contribution < 1.29 is 21.2 Å². The molecule has 0 atom stereocenters. The molecule has 0 bridgehead atoms. The summed E-state index contributed by atoms with van der Waals surface area (Å²) < 4.78 is 5.97. The minimum absolute atomic E-state index is 0. The predicted octanol–water partition coefficient (Wildman–Crippen LogP) is 8.33. The Morgan fingerprint density at radius 3 is 1.73 bits per heavy atom. The van der Waals surface area contributed by atoms with E-state index in [0.717, 1.165) is 17.1 Å². The number of para-hydroxylation sites is 1. The van der Waals surface area contributed by atoms with E-state index in [0.29, 0.717) is 11.8 Å². The molecule has 0 saturated heterocycles. The fraction of sp³-hybridized carbons (Fsp3) is 0.407. The molecule has 0 aliphatic heterocycles. The first kappa shape index (κ1) is 31.4. The van der Waals surface area contributed by atoms with Crippen molar-refractivity contribution in [1.29, 1.82) is 0 Å². The Morgan fingerprint density at radius 1 is 0.879 bits per heavy atom. The molecule has 0 spiro atoms. The van der Waals surface area contributed by atoms with Gasteiger partial charge < -0.3 is 4.12 Å². The minimum Gasteiger partial charge on any atom is -0.449 e. The third kappa shape index (κ3) is 10.5. The number of benzene rings is 1. The largest absolute Gasteiger partial charge is 0.449 e. The summed E-state index contributed by atoms with van der Waals surface area (Å²) in [5.41, 5.74) is 9.55. The van der Waals surface area contributed by atoms with Gasteiger partial charge in [0.25, 0.3) is 0 Å². The molecule has 1 aromatic heterocycles. The van der Waals surface area contributed by atoms with Crippen molar-refractivity contribution in [3.63, 3.8) is 0 Å². The first-order chi connectivity index (χ1) is 14.8. The number of hydrogen-bond donors (Lipinski definition) is 0. The van der Waals surface area contributed by atoms with Gasteiger partial charge >= 0.3 is 0 Å². The summed E-state index contributed by atoms with van der Waals surface area (Å²) in [6.45, 7) is 27.1. The van der Waals surface area contributed by atoms with Crippen molar-refractivity contribution in [2.75, 3.05) is 0 Å². The number of pyridine rings is 1. The average Bonchev–Trinajstić information content (AvgIpc) is 2.74. The predicted molar refractivity (Wildman–Crippen MR) is 147 cm³/mol. The molecule has 33 heavy (non-hydrogen) atoms.